The largest absolute Gasteiger partial charge is 0.450 e. The minimum atomic E-state index is -0.282. The SMILES string of the molecule is CCOC(=O)N1CC[NH+](CC(=O)Nc2cc(-c3ccc(Cl)cc3)nn2C)CC1. The van der Waals surface area contributed by atoms with Crippen LogP contribution in [0.4, 0.5) is 10.6 Å². The Hall–Kier alpha value is -2.58. The predicted molar refractivity (Wildman–Crippen MR) is 106 cm³/mol. The van der Waals surface area contributed by atoms with Gasteiger partial charge in [0, 0.05) is 23.7 Å². The number of ether oxygens (including phenoxy) is 1. The van der Waals surface area contributed by atoms with Gasteiger partial charge in [0.05, 0.1) is 38.5 Å². The summed E-state index contributed by atoms with van der Waals surface area (Å²) in [6.07, 6.45) is -0.282. The first-order valence-corrected chi connectivity index (χ1v) is 9.69. The fraction of sp³-hybridized carbons (Fsp3) is 0.421. The highest BCUT2D eigenvalue weighted by molar-refractivity contribution is 6.30. The Bertz CT molecular complexity index is 829. The Balaban J connectivity index is 1.53. The van der Waals surface area contributed by atoms with Crippen LogP contribution in [-0.2, 0) is 16.6 Å². The molecule has 3 rings (SSSR count). The van der Waals surface area contributed by atoms with Gasteiger partial charge in [0.25, 0.3) is 5.91 Å². The predicted octanol–water partition coefficient (Wildman–Crippen LogP) is 1.04. The highest BCUT2D eigenvalue weighted by Gasteiger charge is 2.26. The van der Waals surface area contributed by atoms with Crippen LogP contribution in [0.15, 0.2) is 30.3 Å². The highest BCUT2D eigenvalue weighted by Crippen LogP contribution is 2.22. The van der Waals surface area contributed by atoms with Crippen LogP contribution in [0.1, 0.15) is 6.92 Å². The van der Waals surface area contributed by atoms with Crippen molar-refractivity contribution in [1.29, 1.82) is 0 Å². The summed E-state index contributed by atoms with van der Waals surface area (Å²) in [6, 6.07) is 9.24. The van der Waals surface area contributed by atoms with Gasteiger partial charge in [-0.25, -0.2) is 4.79 Å². The van der Waals surface area contributed by atoms with Gasteiger partial charge in [0.15, 0.2) is 6.54 Å². The van der Waals surface area contributed by atoms with E-state index in [0.717, 1.165) is 16.2 Å². The topological polar surface area (TPSA) is 80.9 Å². The average molecular weight is 407 g/mol. The van der Waals surface area contributed by atoms with Crippen molar-refractivity contribution in [1.82, 2.24) is 14.7 Å². The number of aromatic nitrogens is 2. The summed E-state index contributed by atoms with van der Waals surface area (Å²) >= 11 is 5.93. The number of anilines is 1. The second kappa shape index (κ2) is 9.07. The van der Waals surface area contributed by atoms with Crippen molar-refractivity contribution in [2.75, 3.05) is 44.6 Å². The molecule has 0 radical (unpaired) electrons. The van der Waals surface area contributed by atoms with E-state index in [1.54, 1.807) is 23.6 Å². The van der Waals surface area contributed by atoms with Gasteiger partial charge >= 0.3 is 6.09 Å². The van der Waals surface area contributed by atoms with Gasteiger partial charge in [-0.05, 0) is 19.1 Å². The number of carbonyl (C=O) groups excluding carboxylic acids is 2. The van der Waals surface area contributed by atoms with E-state index in [4.69, 9.17) is 16.3 Å². The molecule has 0 aliphatic carbocycles. The Morgan fingerprint density at radius 3 is 2.57 bits per heavy atom. The number of hydrogen-bond acceptors (Lipinski definition) is 4. The highest BCUT2D eigenvalue weighted by atomic mass is 35.5. The Morgan fingerprint density at radius 1 is 1.25 bits per heavy atom. The van der Waals surface area contributed by atoms with Crippen molar-refractivity contribution < 1.29 is 19.2 Å². The molecule has 1 saturated heterocycles. The number of nitrogens with zero attached hydrogens (tertiary/aromatic N) is 3. The zero-order chi connectivity index (χ0) is 20.1. The molecule has 9 heteroatoms. The van der Waals surface area contributed by atoms with E-state index in [2.05, 4.69) is 10.4 Å². The van der Waals surface area contributed by atoms with Crippen LogP contribution in [0, 0.1) is 0 Å². The molecule has 1 aromatic carbocycles. The van der Waals surface area contributed by atoms with Crippen molar-refractivity contribution in [2.24, 2.45) is 7.05 Å². The number of carbonyl (C=O) groups is 2. The lowest BCUT2D eigenvalue weighted by Gasteiger charge is -2.31. The second-order valence-electron chi connectivity index (χ2n) is 6.71. The van der Waals surface area contributed by atoms with E-state index in [1.165, 1.54) is 0 Å². The summed E-state index contributed by atoms with van der Waals surface area (Å²) in [6.45, 7) is 5.12. The molecular weight excluding hydrogens is 382 g/mol. The van der Waals surface area contributed by atoms with E-state index in [9.17, 15) is 9.59 Å². The van der Waals surface area contributed by atoms with E-state index in [0.29, 0.717) is 50.2 Å². The molecule has 0 unspecified atom stereocenters. The van der Waals surface area contributed by atoms with Gasteiger partial charge in [-0.15, -0.1) is 0 Å². The number of benzene rings is 1. The number of quaternary nitrogens is 1. The molecule has 1 aromatic heterocycles. The van der Waals surface area contributed by atoms with E-state index >= 15 is 0 Å². The molecule has 0 bridgehead atoms. The summed E-state index contributed by atoms with van der Waals surface area (Å²) in [5.74, 6) is 0.560. The van der Waals surface area contributed by atoms with Crippen LogP contribution in [0.5, 0.6) is 0 Å². The average Bonchev–Trinajstić information content (AvgIpc) is 3.03. The van der Waals surface area contributed by atoms with Crippen molar-refractivity contribution >= 4 is 29.4 Å². The van der Waals surface area contributed by atoms with Gasteiger partial charge < -0.3 is 15.0 Å². The molecule has 1 aliphatic rings. The number of amides is 2. The van der Waals surface area contributed by atoms with Crippen LogP contribution in [0.2, 0.25) is 5.02 Å². The number of piperazine rings is 1. The third-order valence-corrected chi connectivity index (χ3v) is 4.95. The maximum atomic E-state index is 12.4. The zero-order valence-corrected chi connectivity index (χ0v) is 16.8. The standard InChI is InChI=1S/C19H24ClN5O3/c1-3-28-19(27)25-10-8-24(9-11-25)13-18(26)21-17-12-16(22-23(17)2)14-4-6-15(20)7-5-14/h4-7,12H,3,8-11,13H2,1-2H3,(H,21,26)/p+1. The lowest BCUT2D eigenvalue weighted by molar-refractivity contribution is -0.895. The summed E-state index contributed by atoms with van der Waals surface area (Å²) in [5.41, 5.74) is 1.70. The molecule has 150 valence electrons. The first kappa shape index (κ1) is 20.2. The van der Waals surface area contributed by atoms with Gasteiger partial charge in [-0.3, -0.25) is 14.4 Å². The fourth-order valence-corrected chi connectivity index (χ4v) is 3.28. The first-order valence-electron chi connectivity index (χ1n) is 9.31. The lowest BCUT2D eigenvalue weighted by Crippen LogP contribution is -3.15. The molecular formula is C19H25ClN5O3+. The number of nitrogens with one attached hydrogen (secondary N) is 2. The minimum Gasteiger partial charge on any atom is -0.450 e. The monoisotopic (exact) mass is 406 g/mol. The summed E-state index contributed by atoms with van der Waals surface area (Å²) in [7, 11) is 1.79. The van der Waals surface area contributed by atoms with Crippen molar-refractivity contribution in [3.8, 4) is 11.3 Å². The number of halogens is 1. The normalized spacial score (nSPS) is 14.8. The fourth-order valence-electron chi connectivity index (χ4n) is 3.16. The molecule has 28 heavy (non-hydrogen) atoms. The maximum Gasteiger partial charge on any atom is 0.410 e. The zero-order valence-electron chi connectivity index (χ0n) is 16.1. The van der Waals surface area contributed by atoms with Gasteiger partial charge in [0.1, 0.15) is 5.82 Å². The molecule has 1 fully saturated rings. The molecule has 2 heterocycles. The van der Waals surface area contributed by atoms with Gasteiger partial charge in [-0.2, -0.15) is 5.10 Å². The van der Waals surface area contributed by atoms with Crippen LogP contribution < -0.4 is 10.2 Å². The second-order valence-corrected chi connectivity index (χ2v) is 7.14. The van der Waals surface area contributed by atoms with E-state index < -0.39 is 0 Å². The summed E-state index contributed by atoms with van der Waals surface area (Å²) in [4.78, 5) is 27.0. The smallest absolute Gasteiger partial charge is 0.410 e. The molecule has 0 saturated carbocycles. The Labute approximate surface area is 169 Å². The number of rotatable bonds is 5. The van der Waals surface area contributed by atoms with E-state index in [1.807, 2.05) is 30.3 Å². The molecule has 2 N–H and O–H groups in total. The van der Waals surface area contributed by atoms with Crippen LogP contribution in [-0.4, -0.2) is 66.0 Å². The van der Waals surface area contributed by atoms with Crippen LogP contribution >= 0.6 is 11.6 Å². The van der Waals surface area contributed by atoms with Crippen molar-refractivity contribution in [2.45, 2.75) is 6.92 Å². The molecule has 0 atom stereocenters. The number of hydrogen-bond donors (Lipinski definition) is 2. The lowest BCUT2D eigenvalue weighted by atomic mass is 10.1. The van der Waals surface area contributed by atoms with Crippen molar-refractivity contribution in [3.05, 3.63) is 35.4 Å². The number of aryl methyl sites for hydroxylation is 1. The summed E-state index contributed by atoms with van der Waals surface area (Å²) < 4.78 is 6.67. The Morgan fingerprint density at radius 2 is 1.93 bits per heavy atom. The minimum absolute atomic E-state index is 0.0785. The van der Waals surface area contributed by atoms with Crippen LogP contribution in [0.25, 0.3) is 11.3 Å². The maximum absolute atomic E-state index is 12.4. The van der Waals surface area contributed by atoms with Gasteiger partial charge in [-0.1, -0.05) is 23.7 Å². The first-order chi connectivity index (χ1) is 13.5. The van der Waals surface area contributed by atoms with Crippen LogP contribution in [0.3, 0.4) is 0 Å². The molecule has 8 nitrogen and oxygen atoms in total. The third kappa shape index (κ3) is 5.02. The van der Waals surface area contributed by atoms with Crippen molar-refractivity contribution in [3.63, 3.8) is 0 Å². The Kier molecular flexibility index (Phi) is 6.53. The van der Waals surface area contributed by atoms with Gasteiger partial charge in [0.2, 0.25) is 0 Å². The molecule has 1 aliphatic heterocycles. The summed E-state index contributed by atoms with van der Waals surface area (Å²) in [5, 5.41) is 8.04. The quantitative estimate of drug-likeness (QED) is 0.777. The molecule has 0 spiro atoms. The third-order valence-electron chi connectivity index (χ3n) is 4.69. The molecule has 2 amide bonds. The van der Waals surface area contributed by atoms with E-state index in [-0.39, 0.29) is 12.0 Å². The molecule has 2 aromatic rings.